The number of rotatable bonds is 3. The molecular formula is C19H20F2N3NiO-. The van der Waals surface area contributed by atoms with E-state index < -0.39 is 11.6 Å². The summed E-state index contributed by atoms with van der Waals surface area (Å²) in [5, 5.41) is 0. The summed E-state index contributed by atoms with van der Waals surface area (Å²) >= 11 is 0. The van der Waals surface area contributed by atoms with E-state index in [0.29, 0.717) is 23.3 Å². The van der Waals surface area contributed by atoms with E-state index in [1.807, 2.05) is 20.8 Å². The van der Waals surface area contributed by atoms with Crippen molar-refractivity contribution in [3.8, 4) is 0 Å². The number of nitrogens with zero attached hydrogens (tertiary/aromatic N) is 3. The normalized spacial score (nSPS) is 11.6. The average Bonchev–Trinajstić information content (AvgIpc) is 2.82. The van der Waals surface area contributed by atoms with E-state index in [1.165, 1.54) is 4.57 Å². The van der Waals surface area contributed by atoms with Gasteiger partial charge in [-0.1, -0.05) is 27.0 Å². The molecule has 2 aromatic heterocycles. The van der Waals surface area contributed by atoms with Crippen LogP contribution in [0.15, 0.2) is 29.2 Å². The first-order valence-electron chi connectivity index (χ1n) is 8.07. The fraction of sp³-hybridized carbons (Fsp3) is 0.368. The topological polar surface area (TPSA) is 39.8 Å². The van der Waals surface area contributed by atoms with Gasteiger partial charge in [-0.25, -0.2) is 19.8 Å². The molecule has 0 unspecified atom stereocenters. The van der Waals surface area contributed by atoms with Crippen LogP contribution in [0.2, 0.25) is 0 Å². The third-order valence-electron chi connectivity index (χ3n) is 4.10. The fourth-order valence-corrected chi connectivity index (χ4v) is 2.90. The molecule has 7 heteroatoms. The molecule has 0 saturated heterocycles. The van der Waals surface area contributed by atoms with Crippen LogP contribution in [0, 0.1) is 23.1 Å². The molecule has 3 aromatic rings. The minimum absolute atomic E-state index is 0. The maximum atomic E-state index is 14.4. The van der Waals surface area contributed by atoms with Crippen LogP contribution in [0.25, 0.3) is 11.0 Å². The van der Waals surface area contributed by atoms with E-state index in [-0.39, 0.29) is 39.6 Å². The molecule has 0 atom stereocenters. The molecule has 1 aromatic carbocycles. The first-order valence-corrected chi connectivity index (χ1v) is 8.07. The Labute approximate surface area is 160 Å². The van der Waals surface area contributed by atoms with Crippen LogP contribution in [-0.4, -0.2) is 14.1 Å². The third kappa shape index (κ3) is 3.88. The van der Waals surface area contributed by atoms with E-state index in [4.69, 9.17) is 0 Å². The summed E-state index contributed by atoms with van der Waals surface area (Å²) in [6.07, 6.45) is 2.00. The maximum Gasteiger partial charge on any atom is 0.164 e. The largest absolute Gasteiger partial charge is 0.341 e. The molecular weight excluding hydrogens is 383 g/mol. The van der Waals surface area contributed by atoms with Crippen molar-refractivity contribution in [1.82, 2.24) is 14.1 Å². The minimum atomic E-state index is -0.883. The summed E-state index contributed by atoms with van der Waals surface area (Å²) in [4.78, 5) is 16.4. The second kappa shape index (κ2) is 7.31. The third-order valence-corrected chi connectivity index (χ3v) is 4.10. The molecule has 4 nitrogen and oxygen atoms in total. The Morgan fingerprint density at radius 3 is 2.58 bits per heavy atom. The van der Waals surface area contributed by atoms with Crippen molar-refractivity contribution >= 4 is 11.0 Å². The molecule has 0 amide bonds. The Kier molecular flexibility index (Phi) is 5.71. The van der Waals surface area contributed by atoms with Crippen molar-refractivity contribution in [2.75, 3.05) is 0 Å². The van der Waals surface area contributed by atoms with Gasteiger partial charge in [-0.2, -0.15) is 12.1 Å². The standard InChI is InChI=1S/C19H20F2N3O.Ni/c1-19(2,3)10-12-17(21)13(20)9-14-18(12)22-15(23(14)4)11-24-8-6-5-7-16(24)25;/h5-6,8-9H,10-11H2,1-4H3;/q-1;. The van der Waals surface area contributed by atoms with Crippen molar-refractivity contribution in [2.45, 2.75) is 33.7 Å². The molecule has 0 radical (unpaired) electrons. The predicted molar refractivity (Wildman–Crippen MR) is 92.4 cm³/mol. The van der Waals surface area contributed by atoms with Crippen LogP contribution in [-0.2, 0) is 36.5 Å². The Bertz CT molecular complexity index is 1000. The zero-order valence-electron chi connectivity index (χ0n) is 15.0. The molecule has 0 spiro atoms. The molecule has 0 aliphatic rings. The first-order chi connectivity index (χ1) is 11.7. The van der Waals surface area contributed by atoms with Crippen LogP contribution in [0.1, 0.15) is 32.2 Å². The molecule has 2 heterocycles. The van der Waals surface area contributed by atoms with Gasteiger partial charge in [-0.15, -0.1) is 0 Å². The first kappa shape index (κ1) is 20.3. The number of imidazole rings is 1. The molecule has 26 heavy (non-hydrogen) atoms. The Morgan fingerprint density at radius 2 is 1.96 bits per heavy atom. The van der Waals surface area contributed by atoms with E-state index in [0.717, 1.165) is 6.07 Å². The molecule has 0 N–H and O–H groups in total. The van der Waals surface area contributed by atoms with Gasteiger partial charge in [0.2, 0.25) is 0 Å². The van der Waals surface area contributed by atoms with Gasteiger partial charge in [0.05, 0.1) is 17.6 Å². The van der Waals surface area contributed by atoms with Gasteiger partial charge in [0.1, 0.15) is 5.82 Å². The summed E-state index contributed by atoms with van der Waals surface area (Å²) in [6.45, 7) is 6.10. The SMILES string of the molecule is Cn1c(Cn2ccc[c-]c2=O)nc2c(CC(C)(C)C)c(F)c(F)cc21.[Ni]. The smallest absolute Gasteiger partial charge is 0.164 e. The molecule has 0 aliphatic carbocycles. The molecule has 0 saturated carbocycles. The number of hydrogen-bond donors (Lipinski definition) is 0. The van der Waals surface area contributed by atoms with E-state index >= 15 is 0 Å². The monoisotopic (exact) mass is 402 g/mol. The number of benzene rings is 1. The van der Waals surface area contributed by atoms with E-state index in [9.17, 15) is 13.6 Å². The maximum absolute atomic E-state index is 14.4. The predicted octanol–water partition coefficient (Wildman–Crippen LogP) is 3.45. The van der Waals surface area contributed by atoms with E-state index in [2.05, 4.69) is 11.1 Å². The van der Waals surface area contributed by atoms with Gasteiger partial charge in [0, 0.05) is 35.2 Å². The van der Waals surface area contributed by atoms with Crippen LogP contribution < -0.4 is 5.56 Å². The van der Waals surface area contributed by atoms with Gasteiger partial charge in [0.15, 0.2) is 17.2 Å². The zero-order valence-corrected chi connectivity index (χ0v) is 16.0. The number of halogens is 2. The molecule has 3 rings (SSSR count). The van der Waals surface area contributed by atoms with Crippen molar-refractivity contribution in [3.63, 3.8) is 0 Å². The quantitative estimate of drug-likeness (QED) is 0.497. The number of pyridine rings is 1. The average molecular weight is 403 g/mol. The second-order valence-electron chi connectivity index (χ2n) is 7.43. The van der Waals surface area contributed by atoms with Crippen LogP contribution in [0.5, 0.6) is 0 Å². The summed E-state index contributed by atoms with van der Waals surface area (Å²) in [6, 6.07) is 6.99. The zero-order chi connectivity index (χ0) is 18.4. The molecule has 142 valence electrons. The summed E-state index contributed by atoms with van der Waals surface area (Å²) in [5.41, 5.74) is 0.739. The van der Waals surface area contributed by atoms with Crippen molar-refractivity contribution in [2.24, 2.45) is 12.5 Å². The summed E-state index contributed by atoms with van der Waals surface area (Å²) in [7, 11) is 1.74. The number of aromatic nitrogens is 3. The molecule has 0 bridgehead atoms. The van der Waals surface area contributed by atoms with Crippen molar-refractivity contribution in [1.29, 1.82) is 0 Å². The number of aryl methyl sites for hydroxylation is 1. The van der Waals surface area contributed by atoms with E-state index in [1.54, 1.807) is 29.9 Å². The van der Waals surface area contributed by atoms with Gasteiger partial charge in [-0.05, 0) is 11.8 Å². The van der Waals surface area contributed by atoms with Crippen LogP contribution in [0.4, 0.5) is 8.78 Å². The molecule has 0 aliphatic heterocycles. The van der Waals surface area contributed by atoms with Gasteiger partial charge in [0.25, 0.3) is 0 Å². The number of fused-ring (bicyclic) bond motifs is 1. The molecule has 0 fully saturated rings. The van der Waals surface area contributed by atoms with Crippen LogP contribution in [0.3, 0.4) is 0 Å². The Balaban J connectivity index is 0.00000243. The van der Waals surface area contributed by atoms with Crippen molar-refractivity contribution in [3.05, 3.63) is 63.8 Å². The Hall–Kier alpha value is -2.01. The fourth-order valence-electron chi connectivity index (χ4n) is 2.90. The summed E-state index contributed by atoms with van der Waals surface area (Å²) in [5.74, 6) is -1.18. The minimum Gasteiger partial charge on any atom is -0.341 e. The number of hydrogen-bond acceptors (Lipinski definition) is 2. The van der Waals surface area contributed by atoms with Gasteiger partial charge >= 0.3 is 0 Å². The van der Waals surface area contributed by atoms with Gasteiger partial charge < -0.3 is 9.13 Å². The van der Waals surface area contributed by atoms with Crippen LogP contribution >= 0.6 is 0 Å². The second-order valence-corrected chi connectivity index (χ2v) is 7.43. The van der Waals surface area contributed by atoms with Gasteiger partial charge in [-0.3, -0.25) is 4.79 Å². The Morgan fingerprint density at radius 1 is 1.27 bits per heavy atom. The van der Waals surface area contributed by atoms with Crippen molar-refractivity contribution < 1.29 is 25.3 Å². The summed E-state index contributed by atoms with van der Waals surface area (Å²) < 4.78 is 31.7.